The summed E-state index contributed by atoms with van der Waals surface area (Å²) in [6, 6.07) is 3.67. The van der Waals surface area contributed by atoms with Crippen molar-refractivity contribution in [3.8, 4) is 0 Å². The van der Waals surface area contributed by atoms with Gasteiger partial charge in [0.15, 0.2) is 0 Å². The van der Waals surface area contributed by atoms with Gasteiger partial charge in [-0.15, -0.1) is 0 Å². The summed E-state index contributed by atoms with van der Waals surface area (Å²) in [5.41, 5.74) is 6.54. The minimum Gasteiger partial charge on any atom is -0.383 e. The highest BCUT2D eigenvalue weighted by molar-refractivity contribution is 5.76. The minimum atomic E-state index is 0.0451. The zero-order valence-corrected chi connectivity index (χ0v) is 9.69. The number of hydrogen-bond acceptors (Lipinski definition) is 4. The van der Waals surface area contributed by atoms with Gasteiger partial charge in [-0.05, 0) is 18.4 Å². The summed E-state index contributed by atoms with van der Waals surface area (Å²) in [6.07, 6.45) is 3.14. The van der Waals surface area contributed by atoms with E-state index in [1.54, 1.807) is 6.20 Å². The van der Waals surface area contributed by atoms with Crippen LogP contribution in [0.3, 0.4) is 0 Å². The summed E-state index contributed by atoms with van der Waals surface area (Å²) < 4.78 is 5.23. The molecule has 1 amide bonds. The lowest BCUT2D eigenvalue weighted by Gasteiger charge is -2.09. The van der Waals surface area contributed by atoms with E-state index in [-0.39, 0.29) is 5.91 Å². The Morgan fingerprint density at radius 3 is 3.24 bits per heavy atom. The first-order valence-corrected chi connectivity index (χ1v) is 5.79. The van der Waals surface area contributed by atoms with E-state index in [0.29, 0.717) is 31.3 Å². The second kappa shape index (κ2) is 5.63. The van der Waals surface area contributed by atoms with E-state index in [1.165, 1.54) is 0 Å². The SMILES string of the molecule is Nc1ncccc1CNC(=O)CC1CCOC1. The van der Waals surface area contributed by atoms with Gasteiger partial charge in [0.1, 0.15) is 5.82 Å². The van der Waals surface area contributed by atoms with Crippen LogP contribution < -0.4 is 11.1 Å². The molecule has 5 nitrogen and oxygen atoms in total. The third-order valence-corrected chi connectivity index (χ3v) is 2.90. The molecule has 1 atom stereocenters. The van der Waals surface area contributed by atoms with E-state index < -0.39 is 0 Å². The fraction of sp³-hybridized carbons (Fsp3) is 0.500. The molecular formula is C12H17N3O2. The van der Waals surface area contributed by atoms with Crippen molar-refractivity contribution in [1.82, 2.24) is 10.3 Å². The molecule has 92 valence electrons. The highest BCUT2D eigenvalue weighted by Crippen LogP contribution is 2.16. The van der Waals surface area contributed by atoms with E-state index in [4.69, 9.17) is 10.5 Å². The van der Waals surface area contributed by atoms with Gasteiger partial charge < -0.3 is 15.8 Å². The predicted octanol–water partition coefficient (Wildman–Crippen LogP) is 0.707. The normalized spacial score (nSPS) is 19.2. The first-order chi connectivity index (χ1) is 8.25. The summed E-state index contributed by atoms with van der Waals surface area (Å²) in [5, 5.41) is 2.85. The lowest BCUT2D eigenvalue weighted by Crippen LogP contribution is -2.25. The standard InChI is InChI=1S/C12H17N3O2/c13-12-10(2-1-4-14-12)7-15-11(16)6-9-3-5-17-8-9/h1-2,4,9H,3,5-8H2,(H2,13,14)(H,15,16). The number of carbonyl (C=O) groups is 1. The topological polar surface area (TPSA) is 77.2 Å². The molecule has 0 spiro atoms. The van der Waals surface area contributed by atoms with Crippen molar-refractivity contribution in [2.24, 2.45) is 5.92 Å². The van der Waals surface area contributed by atoms with Crippen LogP contribution in [-0.2, 0) is 16.1 Å². The van der Waals surface area contributed by atoms with Crippen molar-refractivity contribution in [2.45, 2.75) is 19.4 Å². The van der Waals surface area contributed by atoms with Crippen molar-refractivity contribution >= 4 is 11.7 Å². The quantitative estimate of drug-likeness (QED) is 0.805. The van der Waals surface area contributed by atoms with Gasteiger partial charge in [0.2, 0.25) is 5.91 Å². The Morgan fingerprint density at radius 1 is 1.65 bits per heavy atom. The molecule has 3 N–H and O–H groups in total. The van der Waals surface area contributed by atoms with Crippen LogP contribution >= 0.6 is 0 Å². The molecule has 1 aromatic rings. The van der Waals surface area contributed by atoms with Gasteiger partial charge in [0.25, 0.3) is 0 Å². The highest BCUT2D eigenvalue weighted by Gasteiger charge is 2.18. The Bertz CT molecular complexity index is 389. The van der Waals surface area contributed by atoms with Crippen LogP contribution in [0.4, 0.5) is 5.82 Å². The van der Waals surface area contributed by atoms with E-state index in [1.807, 2.05) is 12.1 Å². The minimum absolute atomic E-state index is 0.0451. The summed E-state index contributed by atoms with van der Waals surface area (Å²) in [4.78, 5) is 15.6. The lowest BCUT2D eigenvalue weighted by molar-refractivity contribution is -0.122. The summed E-state index contributed by atoms with van der Waals surface area (Å²) >= 11 is 0. The van der Waals surface area contributed by atoms with Crippen molar-refractivity contribution in [3.63, 3.8) is 0 Å². The van der Waals surface area contributed by atoms with Crippen molar-refractivity contribution in [3.05, 3.63) is 23.9 Å². The molecule has 2 heterocycles. The largest absolute Gasteiger partial charge is 0.383 e. The molecule has 1 saturated heterocycles. The molecule has 5 heteroatoms. The Hall–Kier alpha value is -1.62. The Morgan fingerprint density at radius 2 is 2.53 bits per heavy atom. The number of aromatic nitrogens is 1. The third kappa shape index (κ3) is 3.42. The molecule has 0 aliphatic carbocycles. The number of anilines is 1. The maximum absolute atomic E-state index is 11.7. The zero-order chi connectivity index (χ0) is 12.1. The van der Waals surface area contributed by atoms with E-state index in [2.05, 4.69) is 10.3 Å². The molecule has 0 saturated carbocycles. The maximum atomic E-state index is 11.7. The number of nitrogens with one attached hydrogen (secondary N) is 1. The van der Waals surface area contributed by atoms with Crippen molar-refractivity contribution in [2.75, 3.05) is 18.9 Å². The second-order valence-corrected chi connectivity index (χ2v) is 4.26. The average molecular weight is 235 g/mol. The van der Waals surface area contributed by atoms with E-state index in [0.717, 1.165) is 18.6 Å². The summed E-state index contributed by atoms with van der Waals surface area (Å²) in [5.74, 6) is 0.877. The molecule has 17 heavy (non-hydrogen) atoms. The van der Waals surface area contributed by atoms with Crippen LogP contribution in [0.25, 0.3) is 0 Å². The van der Waals surface area contributed by atoms with E-state index in [9.17, 15) is 4.79 Å². The molecule has 1 fully saturated rings. The van der Waals surface area contributed by atoms with Crippen LogP contribution in [0.1, 0.15) is 18.4 Å². The van der Waals surface area contributed by atoms with Gasteiger partial charge in [0, 0.05) is 37.9 Å². The predicted molar refractivity (Wildman–Crippen MR) is 64.0 cm³/mol. The molecular weight excluding hydrogens is 218 g/mol. The van der Waals surface area contributed by atoms with Crippen LogP contribution in [-0.4, -0.2) is 24.1 Å². The lowest BCUT2D eigenvalue weighted by atomic mass is 10.0. The zero-order valence-electron chi connectivity index (χ0n) is 9.69. The van der Waals surface area contributed by atoms with Gasteiger partial charge >= 0.3 is 0 Å². The maximum Gasteiger partial charge on any atom is 0.220 e. The van der Waals surface area contributed by atoms with Crippen LogP contribution in [0, 0.1) is 5.92 Å². The second-order valence-electron chi connectivity index (χ2n) is 4.26. The number of rotatable bonds is 4. The number of pyridine rings is 1. The monoisotopic (exact) mass is 235 g/mol. The number of hydrogen-bond donors (Lipinski definition) is 2. The fourth-order valence-corrected chi connectivity index (χ4v) is 1.87. The van der Waals surface area contributed by atoms with Crippen LogP contribution in [0.2, 0.25) is 0 Å². The third-order valence-electron chi connectivity index (χ3n) is 2.90. The summed E-state index contributed by atoms with van der Waals surface area (Å²) in [6.45, 7) is 1.90. The molecule has 1 unspecified atom stereocenters. The number of nitrogens with zero attached hydrogens (tertiary/aromatic N) is 1. The van der Waals surface area contributed by atoms with E-state index >= 15 is 0 Å². The molecule has 1 aromatic heterocycles. The first kappa shape index (κ1) is 11.9. The summed E-state index contributed by atoms with van der Waals surface area (Å²) in [7, 11) is 0. The molecule has 1 aliphatic rings. The highest BCUT2D eigenvalue weighted by atomic mass is 16.5. The Balaban J connectivity index is 1.77. The number of nitrogen functional groups attached to an aromatic ring is 1. The van der Waals surface area contributed by atoms with Gasteiger partial charge in [-0.1, -0.05) is 6.07 Å². The molecule has 0 aromatic carbocycles. The molecule has 0 radical (unpaired) electrons. The van der Waals surface area contributed by atoms with Crippen molar-refractivity contribution < 1.29 is 9.53 Å². The number of nitrogens with two attached hydrogens (primary N) is 1. The Labute approximate surface area is 100 Å². The Kier molecular flexibility index (Phi) is 3.93. The van der Waals surface area contributed by atoms with Gasteiger partial charge in [-0.3, -0.25) is 4.79 Å². The first-order valence-electron chi connectivity index (χ1n) is 5.79. The molecule has 0 bridgehead atoms. The smallest absolute Gasteiger partial charge is 0.220 e. The van der Waals surface area contributed by atoms with Crippen LogP contribution in [0.5, 0.6) is 0 Å². The number of carbonyl (C=O) groups excluding carboxylic acids is 1. The van der Waals surface area contributed by atoms with Gasteiger partial charge in [-0.25, -0.2) is 4.98 Å². The van der Waals surface area contributed by atoms with Gasteiger partial charge in [0.05, 0.1) is 0 Å². The molecule has 1 aliphatic heterocycles. The fourth-order valence-electron chi connectivity index (χ4n) is 1.87. The number of ether oxygens (including phenoxy) is 1. The van der Waals surface area contributed by atoms with Crippen LogP contribution in [0.15, 0.2) is 18.3 Å². The molecule has 2 rings (SSSR count). The van der Waals surface area contributed by atoms with Gasteiger partial charge in [-0.2, -0.15) is 0 Å². The van der Waals surface area contributed by atoms with Crippen molar-refractivity contribution in [1.29, 1.82) is 0 Å². The number of amides is 1. The average Bonchev–Trinajstić information content (AvgIpc) is 2.81.